The highest BCUT2D eigenvalue weighted by Crippen LogP contribution is 2.05. The minimum Gasteiger partial charge on any atom is -0.379 e. The summed E-state index contributed by atoms with van der Waals surface area (Å²) < 4.78 is 13.1. The molecule has 8 heteroatoms. The molecule has 2 heterocycles. The summed E-state index contributed by atoms with van der Waals surface area (Å²) in [6.45, 7) is 9.23. The highest BCUT2D eigenvalue weighted by molar-refractivity contribution is 5.79. The van der Waals surface area contributed by atoms with Crippen LogP contribution in [0.4, 0.5) is 0 Å². The molecule has 8 nitrogen and oxygen atoms in total. The van der Waals surface area contributed by atoms with Crippen LogP contribution in [0.15, 0.2) is 29.4 Å². The van der Waals surface area contributed by atoms with Gasteiger partial charge >= 0.3 is 0 Å². The molecule has 0 fully saturated rings. The van der Waals surface area contributed by atoms with Crippen LogP contribution in [0, 0.1) is 0 Å². The number of aromatic nitrogens is 3. The average Bonchev–Trinajstić information content (AvgIpc) is 3.13. The number of guanidine groups is 1. The van der Waals surface area contributed by atoms with Crippen molar-refractivity contribution >= 4 is 11.6 Å². The minimum atomic E-state index is 0.630. The Morgan fingerprint density at radius 3 is 2.71 bits per heavy atom. The maximum atomic E-state index is 5.57. The van der Waals surface area contributed by atoms with Crippen LogP contribution in [0.25, 0.3) is 5.65 Å². The quantitative estimate of drug-likeness (QED) is 0.292. The topological polar surface area (TPSA) is 85.1 Å². The number of unbranched alkanes of at least 4 members (excludes halogenated alkanes) is 1. The second-order valence-electron chi connectivity index (χ2n) is 6.41. The van der Waals surface area contributed by atoms with Crippen LogP contribution in [0.5, 0.6) is 0 Å². The van der Waals surface area contributed by atoms with Gasteiger partial charge in [-0.2, -0.15) is 0 Å². The van der Waals surface area contributed by atoms with Crippen molar-refractivity contribution in [3.63, 3.8) is 0 Å². The van der Waals surface area contributed by atoms with E-state index in [9.17, 15) is 0 Å². The van der Waals surface area contributed by atoms with Crippen molar-refractivity contribution in [3.05, 3.63) is 30.2 Å². The Balaban J connectivity index is 1.61. The first-order valence-electron chi connectivity index (χ1n) is 10.3. The SMILES string of the molecule is CCCCOCCOCCNC(=NCCCc1nnc2ccccn12)NCC. The number of hydrogen-bond donors (Lipinski definition) is 2. The molecule has 2 N–H and O–H groups in total. The summed E-state index contributed by atoms with van der Waals surface area (Å²) in [6, 6.07) is 5.92. The monoisotopic (exact) mass is 390 g/mol. The van der Waals surface area contributed by atoms with Gasteiger partial charge in [-0.15, -0.1) is 10.2 Å². The standard InChI is InChI=1S/C20H34N6O2/c1-3-5-14-27-16-17-28-15-12-23-20(21-4-2)22-11-8-10-19-25-24-18-9-6-7-13-26(18)19/h6-7,9,13H,3-5,8,10-12,14-17H2,1-2H3,(H2,21,22,23). The summed E-state index contributed by atoms with van der Waals surface area (Å²) in [4.78, 5) is 4.62. The molecule has 0 aliphatic rings. The lowest BCUT2D eigenvalue weighted by atomic mass is 10.3. The zero-order valence-electron chi connectivity index (χ0n) is 17.2. The highest BCUT2D eigenvalue weighted by atomic mass is 16.5. The largest absolute Gasteiger partial charge is 0.379 e. The van der Waals surface area contributed by atoms with E-state index in [0.29, 0.717) is 19.8 Å². The predicted molar refractivity (Wildman–Crippen MR) is 112 cm³/mol. The molecule has 0 unspecified atom stereocenters. The van der Waals surface area contributed by atoms with Crippen LogP contribution in [-0.4, -0.2) is 66.6 Å². The maximum absolute atomic E-state index is 5.57. The molecule has 0 saturated carbocycles. The van der Waals surface area contributed by atoms with Crippen molar-refractivity contribution < 1.29 is 9.47 Å². The molecule has 0 aromatic carbocycles. The summed E-state index contributed by atoms with van der Waals surface area (Å²) in [6.07, 6.45) is 6.02. The van der Waals surface area contributed by atoms with E-state index in [1.165, 1.54) is 0 Å². The zero-order valence-corrected chi connectivity index (χ0v) is 17.2. The number of fused-ring (bicyclic) bond motifs is 1. The zero-order chi connectivity index (χ0) is 19.9. The van der Waals surface area contributed by atoms with Gasteiger partial charge in [0.1, 0.15) is 5.82 Å². The first-order valence-corrected chi connectivity index (χ1v) is 10.3. The van der Waals surface area contributed by atoms with Crippen LogP contribution in [0.3, 0.4) is 0 Å². The highest BCUT2D eigenvalue weighted by Gasteiger charge is 2.04. The Morgan fingerprint density at radius 2 is 1.89 bits per heavy atom. The molecule has 0 atom stereocenters. The lowest BCUT2D eigenvalue weighted by Gasteiger charge is -2.11. The summed E-state index contributed by atoms with van der Waals surface area (Å²) in [5.41, 5.74) is 0.881. The van der Waals surface area contributed by atoms with E-state index in [-0.39, 0.29) is 0 Å². The van der Waals surface area contributed by atoms with E-state index >= 15 is 0 Å². The van der Waals surface area contributed by atoms with Crippen molar-refractivity contribution in [2.75, 3.05) is 46.1 Å². The Hall–Kier alpha value is -2.19. The summed E-state index contributed by atoms with van der Waals surface area (Å²) in [7, 11) is 0. The maximum Gasteiger partial charge on any atom is 0.191 e. The van der Waals surface area contributed by atoms with Gasteiger partial charge in [-0.1, -0.05) is 19.4 Å². The second kappa shape index (κ2) is 13.9. The molecule has 0 spiro atoms. The van der Waals surface area contributed by atoms with Gasteiger partial charge in [0.05, 0.1) is 19.8 Å². The molecule has 0 bridgehead atoms. The second-order valence-corrected chi connectivity index (χ2v) is 6.41. The van der Waals surface area contributed by atoms with Gasteiger partial charge in [0.2, 0.25) is 0 Å². The molecule has 0 aliphatic heterocycles. The van der Waals surface area contributed by atoms with Crippen molar-refractivity contribution in [2.24, 2.45) is 4.99 Å². The first kappa shape index (κ1) is 22.1. The fourth-order valence-corrected chi connectivity index (χ4v) is 2.64. The normalized spacial score (nSPS) is 11.9. The molecule has 0 radical (unpaired) electrons. The van der Waals surface area contributed by atoms with Crippen LogP contribution in [0.2, 0.25) is 0 Å². The van der Waals surface area contributed by atoms with Crippen LogP contribution in [-0.2, 0) is 15.9 Å². The molecule has 0 saturated heterocycles. The van der Waals surface area contributed by atoms with Gasteiger partial charge < -0.3 is 20.1 Å². The molecule has 28 heavy (non-hydrogen) atoms. The molecular weight excluding hydrogens is 356 g/mol. The van der Waals surface area contributed by atoms with Crippen LogP contribution >= 0.6 is 0 Å². The molecule has 156 valence electrons. The number of ether oxygens (including phenoxy) is 2. The number of nitrogens with one attached hydrogen (secondary N) is 2. The Bertz CT molecular complexity index is 688. The number of pyridine rings is 1. The Kier molecular flexibility index (Phi) is 11.0. The van der Waals surface area contributed by atoms with E-state index in [2.05, 4.69) is 39.7 Å². The summed E-state index contributed by atoms with van der Waals surface area (Å²) in [5, 5.41) is 15.0. The van der Waals surface area contributed by atoms with Crippen LogP contribution in [0.1, 0.15) is 38.9 Å². The van der Waals surface area contributed by atoms with Crippen molar-refractivity contribution in [1.82, 2.24) is 25.2 Å². The molecule has 0 aliphatic carbocycles. The van der Waals surface area contributed by atoms with Gasteiger partial charge in [0.25, 0.3) is 0 Å². The number of aryl methyl sites for hydroxylation is 1. The number of nitrogens with zero attached hydrogens (tertiary/aromatic N) is 4. The molecule has 2 aromatic rings. The fourth-order valence-electron chi connectivity index (χ4n) is 2.64. The minimum absolute atomic E-state index is 0.630. The van der Waals surface area contributed by atoms with E-state index in [1.807, 2.05) is 28.8 Å². The van der Waals surface area contributed by atoms with E-state index in [1.54, 1.807) is 0 Å². The fraction of sp³-hybridized carbons (Fsp3) is 0.650. The third kappa shape index (κ3) is 8.22. The third-order valence-corrected chi connectivity index (χ3v) is 4.11. The molecule has 2 rings (SSSR count). The van der Waals surface area contributed by atoms with E-state index in [0.717, 1.165) is 69.4 Å². The average molecular weight is 391 g/mol. The Labute approximate surface area is 167 Å². The molecule has 0 amide bonds. The third-order valence-electron chi connectivity index (χ3n) is 4.11. The van der Waals surface area contributed by atoms with Crippen LogP contribution < -0.4 is 10.6 Å². The molecular formula is C20H34N6O2. The summed E-state index contributed by atoms with van der Waals surface area (Å²) in [5.74, 6) is 1.79. The van der Waals surface area contributed by atoms with Gasteiger partial charge in [0.15, 0.2) is 11.6 Å². The van der Waals surface area contributed by atoms with Gasteiger partial charge in [0, 0.05) is 38.9 Å². The van der Waals surface area contributed by atoms with Crippen molar-refractivity contribution in [2.45, 2.75) is 39.5 Å². The van der Waals surface area contributed by atoms with E-state index in [4.69, 9.17) is 9.47 Å². The van der Waals surface area contributed by atoms with E-state index < -0.39 is 0 Å². The van der Waals surface area contributed by atoms with Gasteiger partial charge in [-0.3, -0.25) is 9.39 Å². The number of aliphatic imine (C=N–C) groups is 1. The lowest BCUT2D eigenvalue weighted by Crippen LogP contribution is -2.39. The number of hydrogen-bond acceptors (Lipinski definition) is 5. The lowest BCUT2D eigenvalue weighted by molar-refractivity contribution is 0.0487. The van der Waals surface area contributed by atoms with Crippen molar-refractivity contribution in [1.29, 1.82) is 0 Å². The van der Waals surface area contributed by atoms with Gasteiger partial charge in [-0.25, -0.2) is 0 Å². The smallest absolute Gasteiger partial charge is 0.191 e. The molecule has 2 aromatic heterocycles. The Morgan fingerprint density at radius 1 is 1.04 bits per heavy atom. The number of rotatable bonds is 14. The van der Waals surface area contributed by atoms with Crippen molar-refractivity contribution in [3.8, 4) is 0 Å². The van der Waals surface area contributed by atoms with Gasteiger partial charge in [-0.05, 0) is 31.9 Å². The summed E-state index contributed by atoms with van der Waals surface area (Å²) >= 11 is 0. The predicted octanol–water partition coefficient (Wildman–Crippen LogP) is 2.05. The first-order chi connectivity index (χ1) is 13.8.